The molecule has 2 amide bonds. The Bertz CT molecular complexity index is 694. The fourth-order valence-electron chi connectivity index (χ4n) is 1.84. The number of pyridine rings is 1. The molecule has 0 saturated heterocycles. The van der Waals surface area contributed by atoms with Crippen molar-refractivity contribution < 1.29 is 9.59 Å². The second-order valence-corrected chi connectivity index (χ2v) is 5.95. The van der Waals surface area contributed by atoms with Crippen LogP contribution in [0.1, 0.15) is 28.9 Å². The lowest BCUT2D eigenvalue weighted by Crippen LogP contribution is -2.15. The number of hydrogen-bond donors (Lipinski definition) is 3. The van der Waals surface area contributed by atoms with Gasteiger partial charge in [-0.1, -0.05) is 0 Å². The number of nitrogens with one attached hydrogen (secondary N) is 2. The molecule has 8 heteroatoms. The van der Waals surface area contributed by atoms with E-state index in [0.717, 1.165) is 5.82 Å². The molecule has 114 valence electrons. The third-order valence-electron chi connectivity index (χ3n) is 3.08. The van der Waals surface area contributed by atoms with Gasteiger partial charge in [-0.25, -0.2) is 9.97 Å². The van der Waals surface area contributed by atoms with Gasteiger partial charge in [0, 0.05) is 17.6 Å². The third-order valence-corrected chi connectivity index (χ3v) is 3.89. The van der Waals surface area contributed by atoms with Gasteiger partial charge in [0.15, 0.2) is 5.13 Å². The smallest absolute Gasteiger partial charge is 0.259 e. The summed E-state index contributed by atoms with van der Waals surface area (Å²) in [4.78, 5) is 31.3. The fraction of sp³-hybridized carbons (Fsp3) is 0.286. The molecular weight excluding hydrogens is 302 g/mol. The predicted octanol–water partition coefficient (Wildman–Crippen LogP) is 1.39. The molecule has 0 aliphatic heterocycles. The summed E-state index contributed by atoms with van der Waals surface area (Å²) in [6, 6.07) is 4.02. The maximum absolute atomic E-state index is 12.1. The summed E-state index contributed by atoms with van der Waals surface area (Å²) in [5.74, 6) is 0.0358. The second kappa shape index (κ2) is 6.10. The molecule has 7 nitrogen and oxygen atoms in total. The maximum atomic E-state index is 12.1. The van der Waals surface area contributed by atoms with Gasteiger partial charge in [-0.15, -0.1) is 11.3 Å². The topological polar surface area (TPSA) is 110 Å². The highest BCUT2D eigenvalue weighted by molar-refractivity contribution is 7.14. The largest absolute Gasteiger partial charge is 0.369 e. The predicted molar refractivity (Wildman–Crippen MR) is 83.8 cm³/mol. The molecule has 0 atom stereocenters. The van der Waals surface area contributed by atoms with Crippen LogP contribution >= 0.6 is 11.3 Å². The molecule has 0 unspecified atom stereocenters. The number of nitrogens with zero attached hydrogens (tertiary/aromatic N) is 2. The van der Waals surface area contributed by atoms with Crippen LogP contribution in [-0.2, 0) is 11.2 Å². The standard InChI is InChI=1S/C14H15N5O2S/c15-11(20)5-10-7-22-14(18-10)19-13(21)8-1-4-12(16-6-8)17-9-2-3-9/h1,4,6-7,9H,2-3,5H2,(H2,15,20)(H,16,17)(H,18,19,21). The Morgan fingerprint density at radius 2 is 2.18 bits per heavy atom. The van der Waals surface area contributed by atoms with Crippen LogP contribution in [0.15, 0.2) is 23.7 Å². The van der Waals surface area contributed by atoms with Gasteiger partial charge in [0.2, 0.25) is 5.91 Å². The van der Waals surface area contributed by atoms with Gasteiger partial charge >= 0.3 is 0 Å². The molecule has 1 aliphatic rings. The molecule has 4 N–H and O–H groups in total. The molecule has 2 aromatic heterocycles. The normalized spacial score (nSPS) is 13.6. The van der Waals surface area contributed by atoms with Crippen LogP contribution in [0.3, 0.4) is 0 Å². The number of primary amides is 1. The van der Waals surface area contributed by atoms with Crippen LogP contribution in [0.4, 0.5) is 10.9 Å². The van der Waals surface area contributed by atoms with Gasteiger partial charge in [0.1, 0.15) is 5.82 Å². The van der Waals surface area contributed by atoms with Gasteiger partial charge in [-0.2, -0.15) is 0 Å². The van der Waals surface area contributed by atoms with E-state index in [1.165, 1.54) is 30.4 Å². The first-order chi connectivity index (χ1) is 10.6. The lowest BCUT2D eigenvalue weighted by atomic mass is 10.2. The Kier molecular flexibility index (Phi) is 4.01. The Balaban J connectivity index is 1.60. The Morgan fingerprint density at radius 1 is 1.36 bits per heavy atom. The summed E-state index contributed by atoms with van der Waals surface area (Å²) in [5, 5.41) is 8.06. The molecule has 2 aromatic rings. The molecular formula is C14H15N5O2S. The number of rotatable bonds is 6. The van der Waals surface area contributed by atoms with E-state index in [9.17, 15) is 9.59 Å². The zero-order valence-corrected chi connectivity index (χ0v) is 12.5. The van der Waals surface area contributed by atoms with E-state index in [1.54, 1.807) is 17.5 Å². The molecule has 1 aliphatic carbocycles. The minimum absolute atomic E-state index is 0.0649. The van der Waals surface area contributed by atoms with Crippen molar-refractivity contribution in [3.05, 3.63) is 35.0 Å². The van der Waals surface area contributed by atoms with Gasteiger partial charge in [0.05, 0.1) is 17.7 Å². The molecule has 0 bridgehead atoms. The Hall–Kier alpha value is -2.48. The fourth-order valence-corrected chi connectivity index (χ4v) is 2.55. The zero-order chi connectivity index (χ0) is 15.5. The molecule has 0 aromatic carbocycles. The number of amides is 2. The van der Waals surface area contributed by atoms with Crippen LogP contribution < -0.4 is 16.4 Å². The van der Waals surface area contributed by atoms with Crippen LogP contribution in [0.25, 0.3) is 0 Å². The van der Waals surface area contributed by atoms with E-state index < -0.39 is 5.91 Å². The van der Waals surface area contributed by atoms with Crippen molar-refractivity contribution in [2.24, 2.45) is 5.73 Å². The highest BCUT2D eigenvalue weighted by Gasteiger charge is 2.21. The van der Waals surface area contributed by atoms with Crippen molar-refractivity contribution in [2.45, 2.75) is 25.3 Å². The monoisotopic (exact) mass is 317 g/mol. The van der Waals surface area contributed by atoms with Gasteiger partial charge in [-0.3, -0.25) is 14.9 Å². The summed E-state index contributed by atoms with van der Waals surface area (Å²) < 4.78 is 0. The molecule has 3 rings (SSSR count). The van der Waals surface area contributed by atoms with Crippen LogP contribution in [0.5, 0.6) is 0 Å². The first-order valence-electron chi connectivity index (χ1n) is 6.87. The number of carbonyl (C=O) groups is 2. The summed E-state index contributed by atoms with van der Waals surface area (Å²) in [5.41, 5.74) is 6.11. The number of anilines is 2. The van der Waals surface area contributed by atoms with Crippen LogP contribution in [-0.4, -0.2) is 27.8 Å². The molecule has 22 heavy (non-hydrogen) atoms. The second-order valence-electron chi connectivity index (χ2n) is 5.09. The number of hydrogen-bond acceptors (Lipinski definition) is 6. The van der Waals surface area contributed by atoms with Gasteiger partial charge in [-0.05, 0) is 25.0 Å². The minimum Gasteiger partial charge on any atom is -0.369 e. The number of nitrogens with two attached hydrogens (primary N) is 1. The molecule has 1 fully saturated rings. The number of thiazole rings is 1. The van der Waals surface area contributed by atoms with E-state index in [0.29, 0.717) is 22.4 Å². The molecule has 1 saturated carbocycles. The van der Waals surface area contributed by atoms with Crippen molar-refractivity contribution in [3.63, 3.8) is 0 Å². The number of aromatic nitrogens is 2. The van der Waals surface area contributed by atoms with E-state index in [4.69, 9.17) is 5.73 Å². The van der Waals surface area contributed by atoms with Crippen molar-refractivity contribution in [3.8, 4) is 0 Å². The van der Waals surface area contributed by atoms with E-state index in [-0.39, 0.29) is 12.3 Å². The maximum Gasteiger partial charge on any atom is 0.259 e. The van der Waals surface area contributed by atoms with Crippen molar-refractivity contribution >= 4 is 34.1 Å². The van der Waals surface area contributed by atoms with Crippen molar-refractivity contribution in [2.75, 3.05) is 10.6 Å². The molecule has 2 heterocycles. The van der Waals surface area contributed by atoms with Gasteiger partial charge < -0.3 is 11.1 Å². The molecule has 0 spiro atoms. The van der Waals surface area contributed by atoms with E-state index in [1.807, 2.05) is 0 Å². The quantitative estimate of drug-likeness (QED) is 0.746. The lowest BCUT2D eigenvalue weighted by molar-refractivity contribution is -0.117. The van der Waals surface area contributed by atoms with Crippen LogP contribution in [0.2, 0.25) is 0 Å². The first-order valence-corrected chi connectivity index (χ1v) is 7.75. The minimum atomic E-state index is -0.453. The summed E-state index contributed by atoms with van der Waals surface area (Å²) in [6.45, 7) is 0. The van der Waals surface area contributed by atoms with Crippen molar-refractivity contribution in [1.82, 2.24) is 9.97 Å². The summed E-state index contributed by atoms with van der Waals surface area (Å²) in [6.07, 6.45) is 3.93. The first kappa shape index (κ1) is 14.5. The third kappa shape index (κ3) is 3.79. The molecule has 0 radical (unpaired) electrons. The lowest BCUT2D eigenvalue weighted by Gasteiger charge is -2.05. The van der Waals surface area contributed by atoms with Crippen molar-refractivity contribution in [1.29, 1.82) is 0 Å². The highest BCUT2D eigenvalue weighted by Crippen LogP contribution is 2.23. The van der Waals surface area contributed by atoms with Crippen LogP contribution in [0, 0.1) is 0 Å². The van der Waals surface area contributed by atoms with Gasteiger partial charge in [0.25, 0.3) is 5.91 Å². The SMILES string of the molecule is NC(=O)Cc1csc(NC(=O)c2ccc(NC3CC3)nc2)n1. The van der Waals surface area contributed by atoms with E-state index in [2.05, 4.69) is 20.6 Å². The summed E-state index contributed by atoms with van der Waals surface area (Å²) >= 11 is 1.25. The highest BCUT2D eigenvalue weighted by atomic mass is 32.1. The zero-order valence-electron chi connectivity index (χ0n) is 11.7. The average Bonchev–Trinajstić information content (AvgIpc) is 3.19. The summed E-state index contributed by atoms with van der Waals surface area (Å²) in [7, 11) is 0. The average molecular weight is 317 g/mol. The Morgan fingerprint density at radius 3 is 2.82 bits per heavy atom. The Labute approximate surface area is 131 Å². The van der Waals surface area contributed by atoms with E-state index >= 15 is 0 Å². The number of carbonyl (C=O) groups excluding carboxylic acids is 2.